The van der Waals surface area contributed by atoms with Crippen molar-refractivity contribution in [3.63, 3.8) is 0 Å². The molecule has 140 valence electrons. The molecule has 0 radical (unpaired) electrons. The number of hydrogen-bond donors (Lipinski definition) is 1. The van der Waals surface area contributed by atoms with E-state index in [0.29, 0.717) is 5.75 Å². The van der Waals surface area contributed by atoms with Gasteiger partial charge >= 0.3 is 6.18 Å². The predicted octanol–water partition coefficient (Wildman–Crippen LogP) is 5.69. The van der Waals surface area contributed by atoms with Gasteiger partial charge in [0.1, 0.15) is 5.75 Å². The summed E-state index contributed by atoms with van der Waals surface area (Å²) < 4.78 is 44.2. The van der Waals surface area contributed by atoms with Crippen LogP contribution in [0.5, 0.6) is 5.75 Å². The molecule has 2 rings (SSSR count). The van der Waals surface area contributed by atoms with E-state index in [4.69, 9.17) is 16.3 Å². The molecule has 3 nitrogen and oxygen atoms in total. The Bertz CT molecular complexity index is 834. The fourth-order valence-corrected chi connectivity index (χ4v) is 2.56. The zero-order chi connectivity index (χ0) is 19.6. The predicted molar refractivity (Wildman–Crippen MR) is 95.8 cm³/mol. The highest BCUT2D eigenvalue weighted by molar-refractivity contribution is 6.33. The molecule has 0 saturated carbocycles. The zero-order valence-corrected chi connectivity index (χ0v) is 15.5. The van der Waals surface area contributed by atoms with Crippen LogP contribution < -0.4 is 10.1 Å². The van der Waals surface area contributed by atoms with Gasteiger partial charge in [0.15, 0.2) is 6.10 Å². The Kier molecular flexibility index (Phi) is 5.86. The van der Waals surface area contributed by atoms with Gasteiger partial charge in [-0.1, -0.05) is 17.7 Å². The second kappa shape index (κ2) is 7.58. The number of carbonyl (C=O) groups is 1. The molecule has 1 atom stereocenters. The number of nitrogens with one attached hydrogen (secondary N) is 1. The summed E-state index contributed by atoms with van der Waals surface area (Å²) in [5.74, 6) is -0.0370. The first-order chi connectivity index (χ1) is 12.0. The van der Waals surface area contributed by atoms with E-state index in [1.807, 2.05) is 32.9 Å². The van der Waals surface area contributed by atoms with Crippen LogP contribution in [-0.2, 0) is 11.0 Å². The molecule has 0 fully saturated rings. The Morgan fingerprint density at radius 1 is 1.15 bits per heavy atom. The lowest BCUT2D eigenvalue weighted by atomic mass is 10.1. The Morgan fingerprint density at radius 3 is 2.42 bits per heavy atom. The maximum atomic E-state index is 12.8. The van der Waals surface area contributed by atoms with Crippen LogP contribution in [-0.4, -0.2) is 12.0 Å². The largest absolute Gasteiger partial charge is 0.481 e. The minimum Gasteiger partial charge on any atom is -0.481 e. The Hall–Kier alpha value is -2.21. The van der Waals surface area contributed by atoms with Gasteiger partial charge in [-0.05, 0) is 68.7 Å². The summed E-state index contributed by atoms with van der Waals surface area (Å²) in [7, 11) is 0. The van der Waals surface area contributed by atoms with Gasteiger partial charge in [-0.15, -0.1) is 0 Å². The second-order valence-electron chi connectivity index (χ2n) is 6.15. The number of amides is 1. The van der Waals surface area contributed by atoms with E-state index < -0.39 is 23.8 Å². The summed E-state index contributed by atoms with van der Waals surface area (Å²) in [6, 6.07) is 6.56. The van der Waals surface area contributed by atoms with Crippen molar-refractivity contribution in [3.8, 4) is 5.75 Å². The highest BCUT2D eigenvalue weighted by Crippen LogP contribution is 2.34. The molecule has 0 aliphatic heterocycles. The molecule has 7 heteroatoms. The first kappa shape index (κ1) is 20.1. The number of rotatable bonds is 4. The van der Waals surface area contributed by atoms with Crippen molar-refractivity contribution in [2.75, 3.05) is 5.32 Å². The average molecular weight is 386 g/mol. The van der Waals surface area contributed by atoms with Crippen molar-refractivity contribution >= 4 is 23.2 Å². The van der Waals surface area contributed by atoms with Crippen molar-refractivity contribution in [2.24, 2.45) is 0 Å². The molecular weight excluding hydrogens is 367 g/mol. The lowest BCUT2D eigenvalue weighted by Crippen LogP contribution is -2.30. The highest BCUT2D eigenvalue weighted by Gasteiger charge is 2.31. The number of halogens is 4. The smallest absolute Gasteiger partial charge is 0.416 e. The Labute approximate surface area is 155 Å². The van der Waals surface area contributed by atoms with Crippen LogP contribution in [0.2, 0.25) is 5.02 Å². The first-order valence-corrected chi connectivity index (χ1v) is 8.29. The van der Waals surface area contributed by atoms with Crippen LogP contribution in [0.25, 0.3) is 0 Å². The average Bonchev–Trinajstić information content (AvgIpc) is 2.52. The van der Waals surface area contributed by atoms with Crippen LogP contribution in [0.15, 0.2) is 30.3 Å². The molecule has 1 amide bonds. The van der Waals surface area contributed by atoms with Crippen molar-refractivity contribution < 1.29 is 22.7 Å². The van der Waals surface area contributed by atoms with Crippen molar-refractivity contribution in [1.29, 1.82) is 0 Å². The Morgan fingerprint density at radius 2 is 1.81 bits per heavy atom. The minimum absolute atomic E-state index is 0.0149. The quantitative estimate of drug-likeness (QED) is 0.734. The van der Waals surface area contributed by atoms with Crippen LogP contribution >= 0.6 is 11.6 Å². The molecule has 0 aliphatic rings. The van der Waals surface area contributed by atoms with Crippen molar-refractivity contribution in [1.82, 2.24) is 0 Å². The summed E-state index contributed by atoms with van der Waals surface area (Å²) in [4.78, 5) is 12.3. The maximum Gasteiger partial charge on any atom is 0.416 e. The normalized spacial score (nSPS) is 12.6. The van der Waals surface area contributed by atoms with Crippen LogP contribution in [0.1, 0.15) is 29.2 Å². The van der Waals surface area contributed by atoms with Gasteiger partial charge in [-0.3, -0.25) is 4.79 Å². The van der Waals surface area contributed by atoms with Crippen LogP contribution in [0, 0.1) is 20.8 Å². The lowest BCUT2D eigenvalue weighted by molar-refractivity contribution is -0.137. The summed E-state index contributed by atoms with van der Waals surface area (Å²) in [5.41, 5.74) is 1.90. The zero-order valence-electron chi connectivity index (χ0n) is 14.8. The summed E-state index contributed by atoms with van der Waals surface area (Å²) in [6.07, 6.45) is -5.44. The molecule has 0 bridgehead atoms. The molecule has 2 aromatic rings. The van der Waals surface area contributed by atoms with Gasteiger partial charge in [-0.2, -0.15) is 13.2 Å². The molecule has 2 aromatic carbocycles. The molecule has 0 spiro atoms. The first-order valence-electron chi connectivity index (χ1n) is 7.91. The fourth-order valence-electron chi connectivity index (χ4n) is 2.40. The number of ether oxygens (including phenoxy) is 1. The Balaban J connectivity index is 2.18. The van der Waals surface area contributed by atoms with Crippen LogP contribution in [0.3, 0.4) is 0 Å². The third-order valence-corrected chi connectivity index (χ3v) is 4.32. The monoisotopic (exact) mass is 385 g/mol. The van der Waals surface area contributed by atoms with E-state index >= 15 is 0 Å². The van der Waals surface area contributed by atoms with Gasteiger partial charge in [0, 0.05) is 0 Å². The van der Waals surface area contributed by atoms with Gasteiger partial charge in [-0.25, -0.2) is 0 Å². The second-order valence-corrected chi connectivity index (χ2v) is 6.55. The molecule has 0 aliphatic carbocycles. The van der Waals surface area contributed by atoms with E-state index in [1.54, 1.807) is 0 Å². The van der Waals surface area contributed by atoms with Crippen molar-refractivity contribution in [3.05, 3.63) is 57.6 Å². The molecule has 0 heterocycles. The third kappa shape index (κ3) is 4.69. The molecule has 0 aromatic heterocycles. The summed E-state index contributed by atoms with van der Waals surface area (Å²) >= 11 is 5.90. The van der Waals surface area contributed by atoms with Gasteiger partial charge < -0.3 is 10.1 Å². The molecule has 1 N–H and O–H groups in total. The number of carbonyl (C=O) groups excluding carboxylic acids is 1. The number of aryl methyl sites for hydroxylation is 2. The number of hydrogen-bond acceptors (Lipinski definition) is 2. The van der Waals surface area contributed by atoms with Gasteiger partial charge in [0.05, 0.1) is 16.3 Å². The molecular formula is C19H19ClF3NO2. The van der Waals surface area contributed by atoms with E-state index in [2.05, 4.69) is 5.32 Å². The van der Waals surface area contributed by atoms with E-state index in [0.717, 1.165) is 34.9 Å². The standard InChI is InChI=1S/C19H19ClF3NO2/c1-10-7-11(2)12(3)17(8-10)26-13(4)18(25)24-16-9-14(19(21,22)23)5-6-15(16)20/h5-9,13H,1-4H3,(H,24,25)/t13-/m0/s1. The van der Waals surface area contributed by atoms with Gasteiger partial charge in [0.25, 0.3) is 5.91 Å². The van der Waals surface area contributed by atoms with E-state index in [1.165, 1.54) is 6.92 Å². The lowest BCUT2D eigenvalue weighted by Gasteiger charge is -2.18. The van der Waals surface area contributed by atoms with E-state index in [-0.39, 0.29) is 10.7 Å². The number of anilines is 1. The highest BCUT2D eigenvalue weighted by atomic mass is 35.5. The topological polar surface area (TPSA) is 38.3 Å². The van der Waals surface area contributed by atoms with Crippen LogP contribution in [0.4, 0.5) is 18.9 Å². The van der Waals surface area contributed by atoms with Gasteiger partial charge in [0.2, 0.25) is 0 Å². The summed E-state index contributed by atoms with van der Waals surface area (Å²) in [6.45, 7) is 7.24. The third-order valence-electron chi connectivity index (χ3n) is 3.99. The molecule has 26 heavy (non-hydrogen) atoms. The number of alkyl halides is 3. The molecule has 0 unspecified atom stereocenters. The maximum absolute atomic E-state index is 12.8. The van der Waals surface area contributed by atoms with E-state index in [9.17, 15) is 18.0 Å². The summed E-state index contributed by atoms with van der Waals surface area (Å²) in [5, 5.41) is 2.41. The van der Waals surface area contributed by atoms with Crippen molar-refractivity contribution in [2.45, 2.75) is 40.0 Å². The minimum atomic E-state index is -4.53. The SMILES string of the molecule is Cc1cc(C)c(C)c(O[C@@H](C)C(=O)Nc2cc(C(F)(F)F)ccc2Cl)c1. The molecule has 0 saturated heterocycles. The fraction of sp³-hybridized carbons (Fsp3) is 0.316. The number of benzene rings is 2.